The standard InChI is InChI=1S/C10H14N4/c1-3-7(2)9-5-4-8(6-11)10(13-9)14-12/h4-5,7H,3,12H2,1-2H3,(H,13,14). The van der Waals surface area contributed by atoms with Crippen molar-refractivity contribution in [1.29, 1.82) is 5.26 Å². The third-order valence-electron chi connectivity index (χ3n) is 2.29. The van der Waals surface area contributed by atoms with E-state index in [-0.39, 0.29) is 0 Å². The lowest BCUT2D eigenvalue weighted by Crippen LogP contribution is -2.11. The number of rotatable bonds is 3. The molecule has 0 aliphatic rings. The summed E-state index contributed by atoms with van der Waals surface area (Å²) in [7, 11) is 0. The van der Waals surface area contributed by atoms with Crippen LogP contribution in [0, 0.1) is 11.3 Å². The van der Waals surface area contributed by atoms with Gasteiger partial charge in [-0.1, -0.05) is 13.8 Å². The topological polar surface area (TPSA) is 74.7 Å². The van der Waals surface area contributed by atoms with Crippen molar-refractivity contribution < 1.29 is 0 Å². The van der Waals surface area contributed by atoms with Gasteiger partial charge in [0.25, 0.3) is 0 Å². The number of nitrogens with one attached hydrogen (secondary N) is 1. The van der Waals surface area contributed by atoms with Gasteiger partial charge in [-0.2, -0.15) is 5.26 Å². The molecule has 1 aromatic heterocycles. The number of anilines is 1. The highest BCUT2D eigenvalue weighted by Crippen LogP contribution is 2.19. The van der Waals surface area contributed by atoms with E-state index in [1.54, 1.807) is 6.07 Å². The molecule has 0 aromatic carbocycles. The molecule has 0 spiro atoms. The molecule has 0 saturated carbocycles. The van der Waals surface area contributed by atoms with Crippen LogP contribution >= 0.6 is 0 Å². The van der Waals surface area contributed by atoms with E-state index in [4.69, 9.17) is 11.1 Å². The number of aromatic nitrogens is 1. The number of nitriles is 1. The first-order chi connectivity index (χ1) is 6.72. The van der Waals surface area contributed by atoms with Crippen molar-refractivity contribution in [3.05, 3.63) is 23.4 Å². The second-order valence-corrected chi connectivity index (χ2v) is 3.20. The third kappa shape index (κ3) is 2.01. The minimum absolute atomic E-state index is 0.384. The summed E-state index contributed by atoms with van der Waals surface area (Å²) in [4.78, 5) is 4.27. The van der Waals surface area contributed by atoms with Crippen LogP contribution in [0.5, 0.6) is 0 Å². The summed E-state index contributed by atoms with van der Waals surface area (Å²) in [6.45, 7) is 4.19. The summed E-state index contributed by atoms with van der Waals surface area (Å²) >= 11 is 0. The Labute approximate surface area is 83.7 Å². The van der Waals surface area contributed by atoms with Gasteiger partial charge in [0.1, 0.15) is 6.07 Å². The molecule has 1 atom stereocenters. The molecule has 1 rings (SSSR count). The molecule has 0 aliphatic carbocycles. The molecule has 14 heavy (non-hydrogen) atoms. The van der Waals surface area contributed by atoms with E-state index in [2.05, 4.69) is 24.3 Å². The van der Waals surface area contributed by atoms with Crippen molar-refractivity contribution in [2.75, 3.05) is 5.43 Å². The van der Waals surface area contributed by atoms with Crippen LogP contribution in [0.3, 0.4) is 0 Å². The van der Waals surface area contributed by atoms with Crippen LogP contribution in [0.25, 0.3) is 0 Å². The Kier molecular flexibility index (Phi) is 3.43. The maximum atomic E-state index is 8.75. The van der Waals surface area contributed by atoms with E-state index in [0.717, 1.165) is 12.1 Å². The predicted molar refractivity (Wildman–Crippen MR) is 55.5 cm³/mol. The minimum Gasteiger partial charge on any atom is -0.307 e. The van der Waals surface area contributed by atoms with Crippen molar-refractivity contribution in [3.63, 3.8) is 0 Å². The van der Waals surface area contributed by atoms with Crippen LogP contribution < -0.4 is 11.3 Å². The second-order valence-electron chi connectivity index (χ2n) is 3.20. The molecule has 4 heteroatoms. The van der Waals surface area contributed by atoms with Crippen LogP contribution in [0.2, 0.25) is 0 Å². The molecular formula is C10H14N4. The number of hydrogen-bond acceptors (Lipinski definition) is 4. The lowest BCUT2D eigenvalue weighted by atomic mass is 10.0. The molecule has 0 amide bonds. The number of nitrogen functional groups attached to an aromatic ring is 1. The molecule has 0 fully saturated rings. The molecule has 0 radical (unpaired) electrons. The number of hydrogen-bond donors (Lipinski definition) is 2. The van der Waals surface area contributed by atoms with Crippen molar-refractivity contribution in [2.24, 2.45) is 5.84 Å². The highest BCUT2D eigenvalue weighted by atomic mass is 15.2. The number of nitrogens with zero attached hydrogens (tertiary/aromatic N) is 2. The first-order valence-electron chi connectivity index (χ1n) is 4.60. The first-order valence-corrected chi connectivity index (χ1v) is 4.60. The zero-order valence-electron chi connectivity index (χ0n) is 8.41. The van der Waals surface area contributed by atoms with Gasteiger partial charge in [0, 0.05) is 5.69 Å². The summed E-state index contributed by atoms with van der Waals surface area (Å²) in [5, 5.41) is 8.75. The van der Waals surface area contributed by atoms with Crippen molar-refractivity contribution in [1.82, 2.24) is 4.98 Å². The second kappa shape index (κ2) is 4.58. The first kappa shape index (κ1) is 10.5. The summed E-state index contributed by atoms with van der Waals surface area (Å²) < 4.78 is 0. The molecule has 1 heterocycles. The molecule has 4 nitrogen and oxygen atoms in total. The number of nitrogens with two attached hydrogens (primary N) is 1. The van der Waals surface area contributed by atoms with E-state index < -0.39 is 0 Å². The number of hydrazine groups is 1. The fourth-order valence-corrected chi connectivity index (χ4v) is 1.16. The van der Waals surface area contributed by atoms with Crippen LogP contribution in [0.4, 0.5) is 5.82 Å². The summed E-state index contributed by atoms with van der Waals surface area (Å²) in [6, 6.07) is 5.63. The van der Waals surface area contributed by atoms with Gasteiger partial charge < -0.3 is 5.43 Å². The average molecular weight is 190 g/mol. The lowest BCUT2D eigenvalue weighted by Gasteiger charge is -2.10. The fourth-order valence-electron chi connectivity index (χ4n) is 1.16. The Morgan fingerprint density at radius 1 is 1.64 bits per heavy atom. The largest absolute Gasteiger partial charge is 0.307 e. The zero-order chi connectivity index (χ0) is 10.6. The molecule has 1 aromatic rings. The summed E-state index contributed by atoms with van der Waals surface area (Å²) in [6.07, 6.45) is 1.02. The number of pyridine rings is 1. The molecule has 0 aliphatic heterocycles. The third-order valence-corrected chi connectivity index (χ3v) is 2.29. The maximum Gasteiger partial charge on any atom is 0.158 e. The maximum absolute atomic E-state index is 8.75. The van der Waals surface area contributed by atoms with E-state index in [1.165, 1.54) is 0 Å². The summed E-state index contributed by atoms with van der Waals surface area (Å²) in [5.41, 5.74) is 3.86. The average Bonchev–Trinajstić information content (AvgIpc) is 2.26. The summed E-state index contributed by atoms with van der Waals surface area (Å²) in [5.74, 6) is 6.11. The lowest BCUT2D eigenvalue weighted by molar-refractivity contribution is 0.708. The zero-order valence-corrected chi connectivity index (χ0v) is 8.41. The van der Waals surface area contributed by atoms with E-state index >= 15 is 0 Å². The van der Waals surface area contributed by atoms with E-state index in [9.17, 15) is 0 Å². The Morgan fingerprint density at radius 2 is 2.36 bits per heavy atom. The van der Waals surface area contributed by atoms with E-state index in [1.807, 2.05) is 12.1 Å². The Bertz CT molecular complexity index is 354. The van der Waals surface area contributed by atoms with Crippen LogP contribution in [0.1, 0.15) is 37.4 Å². The van der Waals surface area contributed by atoms with Gasteiger partial charge in [-0.15, -0.1) is 0 Å². The van der Waals surface area contributed by atoms with Gasteiger partial charge in [0.15, 0.2) is 5.82 Å². The SMILES string of the molecule is CCC(C)c1ccc(C#N)c(NN)n1. The minimum atomic E-state index is 0.384. The highest BCUT2D eigenvalue weighted by Gasteiger charge is 2.08. The molecule has 3 N–H and O–H groups in total. The van der Waals surface area contributed by atoms with Gasteiger partial charge >= 0.3 is 0 Å². The van der Waals surface area contributed by atoms with Crippen molar-refractivity contribution in [3.8, 4) is 6.07 Å². The normalized spacial score (nSPS) is 11.9. The van der Waals surface area contributed by atoms with Gasteiger partial charge in [-0.05, 0) is 24.5 Å². The van der Waals surface area contributed by atoms with Crippen molar-refractivity contribution >= 4 is 5.82 Å². The highest BCUT2D eigenvalue weighted by molar-refractivity contribution is 5.51. The molecule has 1 unspecified atom stereocenters. The van der Waals surface area contributed by atoms with Gasteiger partial charge in [-0.25, -0.2) is 10.8 Å². The van der Waals surface area contributed by atoms with Crippen LogP contribution in [-0.2, 0) is 0 Å². The van der Waals surface area contributed by atoms with Gasteiger partial charge in [0.05, 0.1) is 5.56 Å². The molecule has 74 valence electrons. The molecular weight excluding hydrogens is 176 g/mol. The van der Waals surface area contributed by atoms with Gasteiger partial charge in [0.2, 0.25) is 0 Å². The monoisotopic (exact) mass is 190 g/mol. The Morgan fingerprint density at radius 3 is 2.86 bits per heavy atom. The molecule has 0 bridgehead atoms. The van der Waals surface area contributed by atoms with Gasteiger partial charge in [-0.3, -0.25) is 0 Å². The van der Waals surface area contributed by atoms with Crippen LogP contribution in [-0.4, -0.2) is 4.98 Å². The quantitative estimate of drug-likeness (QED) is 0.562. The van der Waals surface area contributed by atoms with Crippen LogP contribution in [0.15, 0.2) is 12.1 Å². The Balaban J connectivity index is 3.09. The fraction of sp³-hybridized carbons (Fsp3) is 0.400. The smallest absolute Gasteiger partial charge is 0.158 e. The predicted octanol–water partition coefficient (Wildman–Crippen LogP) is 1.75. The molecule has 0 saturated heterocycles. The van der Waals surface area contributed by atoms with Crippen molar-refractivity contribution in [2.45, 2.75) is 26.2 Å². The van der Waals surface area contributed by atoms with E-state index in [0.29, 0.717) is 17.3 Å². The Hall–Kier alpha value is -1.60.